The van der Waals surface area contributed by atoms with Crippen molar-refractivity contribution in [1.82, 2.24) is 0 Å². The molecule has 1 aromatic carbocycles. The van der Waals surface area contributed by atoms with Crippen molar-refractivity contribution in [3.05, 3.63) is 35.4 Å². The second-order valence-electron chi connectivity index (χ2n) is 3.12. The van der Waals surface area contributed by atoms with Gasteiger partial charge in [0.2, 0.25) is 0 Å². The van der Waals surface area contributed by atoms with Crippen LogP contribution in [0, 0.1) is 6.92 Å². The van der Waals surface area contributed by atoms with Crippen LogP contribution in [-0.4, -0.2) is 18.6 Å². The van der Waals surface area contributed by atoms with Gasteiger partial charge in [-0.05, 0) is 19.4 Å². The van der Waals surface area contributed by atoms with Crippen LogP contribution in [0.5, 0.6) is 0 Å². The molecule has 0 unspecified atom stereocenters. The van der Waals surface area contributed by atoms with E-state index in [-0.39, 0.29) is 12.4 Å². The smallest absolute Gasteiger partial charge is 0.174 e. The van der Waals surface area contributed by atoms with Gasteiger partial charge in [0.1, 0.15) is 0 Å². The summed E-state index contributed by atoms with van der Waals surface area (Å²) in [5, 5.41) is 3.67. The Hall–Kier alpha value is -1.64. The summed E-state index contributed by atoms with van der Waals surface area (Å²) >= 11 is 0. The molecular formula is C11H13NO2. The van der Waals surface area contributed by atoms with Crippen molar-refractivity contribution in [3.63, 3.8) is 0 Å². The first kappa shape index (κ1) is 10.4. The molecule has 14 heavy (non-hydrogen) atoms. The zero-order valence-electron chi connectivity index (χ0n) is 8.36. The van der Waals surface area contributed by atoms with Crippen LogP contribution < -0.4 is 0 Å². The molecule has 0 N–H and O–H groups in total. The molecule has 1 aromatic rings. The Morgan fingerprint density at radius 2 is 2.07 bits per heavy atom. The molecule has 0 saturated heterocycles. The average Bonchev–Trinajstić information content (AvgIpc) is 2.15. The van der Waals surface area contributed by atoms with E-state index in [4.69, 9.17) is 4.84 Å². The van der Waals surface area contributed by atoms with E-state index >= 15 is 0 Å². The molecule has 0 saturated carbocycles. The highest BCUT2D eigenvalue weighted by atomic mass is 16.6. The summed E-state index contributed by atoms with van der Waals surface area (Å²) in [6.45, 7) is 3.51. The third kappa shape index (κ3) is 3.85. The highest BCUT2D eigenvalue weighted by Gasteiger charge is 1.90. The molecule has 74 valence electrons. The van der Waals surface area contributed by atoms with Crippen molar-refractivity contribution < 1.29 is 9.63 Å². The fourth-order valence-corrected chi connectivity index (χ4v) is 0.879. The maximum atomic E-state index is 10.5. The molecule has 1 rings (SSSR count). The van der Waals surface area contributed by atoms with Gasteiger partial charge in [-0.25, -0.2) is 0 Å². The van der Waals surface area contributed by atoms with Gasteiger partial charge in [-0.2, -0.15) is 0 Å². The van der Waals surface area contributed by atoms with E-state index in [2.05, 4.69) is 5.16 Å². The first-order valence-electron chi connectivity index (χ1n) is 4.40. The predicted octanol–water partition coefficient (Wildman–Crippen LogP) is 1.93. The van der Waals surface area contributed by atoms with Gasteiger partial charge < -0.3 is 4.84 Å². The molecule has 0 bridgehead atoms. The van der Waals surface area contributed by atoms with E-state index in [1.54, 1.807) is 6.21 Å². The van der Waals surface area contributed by atoms with Crippen LogP contribution in [0.3, 0.4) is 0 Å². The van der Waals surface area contributed by atoms with E-state index < -0.39 is 0 Å². The zero-order chi connectivity index (χ0) is 10.4. The lowest BCUT2D eigenvalue weighted by Gasteiger charge is -1.95. The van der Waals surface area contributed by atoms with Crippen LogP contribution in [-0.2, 0) is 9.63 Å². The van der Waals surface area contributed by atoms with Crippen molar-refractivity contribution in [2.45, 2.75) is 13.8 Å². The predicted molar refractivity (Wildman–Crippen MR) is 55.4 cm³/mol. The molecule has 0 aliphatic rings. The van der Waals surface area contributed by atoms with Gasteiger partial charge in [-0.15, -0.1) is 0 Å². The van der Waals surface area contributed by atoms with E-state index in [9.17, 15) is 4.79 Å². The zero-order valence-corrected chi connectivity index (χ0v) is 8.36. The summed E-state index contributed by atoms with van der Waals surface area (Å²) in [7, 11) is 0. The van der Waals surface area contributed by atoms with Crippen molar-refractivity contribution in [2.75, 3.05) is 6.61 Å². The van der Waals surface area contributed by atoms with Crippen LogP contribution >= 0.6 is 0 Å². The number of nitrogens with zero attached hydrogens (tertiary/aromatic N) is 1. The van der Waals surface area contributed by atoms with Crippen LogP contribution in [0.25, 0.3) is 0 Å². The quantitative estimate of drug-likeness (QED) is 0.538. The monoisotopic (exact) mass is 191 g/mol. The number of aryl methyl sites for hydroxylation is 1. The van der Waals surface area contributed by atoms with Gasteiger partial charge >= 0.3 is 0 Å². The molecule has 3 nitrogen and oxygen atoms in total. The molecule has 0 atom stereocenters. The highest BCUT2D eigenvalue weighted by molar-refractivity contribution is 5.79. The second kappa shape index (κ2) is 5.17. The Morgan fingerprint density at radius 1 is 1.43 bits per heavy atom. The summed E-state index contributed by atoms with van der Waals surface area (Å²) < 4.78 is 0. The molecule has 0 heterocycles. The minimum atomic E-state index is -0.0361. The van der Waals surface area contributed by atoms with E-state index in [0.29, 0.717) is 0 Å². The van der Waals surface area contributed by atoms with E-state index in [1.807, 2.05) is 31.2 Å². The van der Waals surface area contributed by atoms with Gasteiger partial charge in [-0.1, -0.05) is 35.0 Å². The average molecular weight is 191 g/mol. The molecule has 3 heteroatoms. The summed E-state index contributed by atoms with van der Waals surface area (Å²) in [6.07, 6.45) is 1.59. The summed E-state index contributed by atoms with van der Waals surface area (Å²) in [5.41, 5.74) is 2.16. The molecular weight excluding hydrogens is 178 g/mol. The Morgan fingerprint density at radius 3 is 2.64 bits per heavy atom. The van der Waals surface area contributed by atoms with E-state index in [1.165, 1.54) is 12.5 Å². The molecule has 0 amide bonds. The van der Waals surface area contributed by atoms with Crippen LogP contribution in [0.4, 0.5) is 0 Å². The molecule has 0 spiro atoms. The van der Waals surface area contributed by atoms with Gasteiger partial charge in [0, 0.05) is 0 Å². The van der Waals surface area contributed by atoms with Crippen LogP contribution in [0.1, 0.15) is 18.1 Å². The highest BCUT2D eigenvalue weighted by Crippen LogP contribution is 2.00. The van der Waals surface area contributed by atoms with E-state index in [0.717, 1.165) is 5.56 Å². The molecule has 0 aliphatic heterocycles. The van der Waals surface area contributed by atoms with Crippen molar-refractivity contribution in [1.29, 1.82) is 0 Å². The second-order valence-corrected chi connectivity index (χ2v) is 3.12. The van der Waals surface area contributed by atoms with Gasteiger partial charge in [0.25, 0.3) is 0 Å². The Kier molecular flexibility index (Phi) is 3.85. The minimum Gasteiger partial charge on any atom is -0.388 e. The number of oxime groups is 1. The maximum Gasteiger partial charge on any atom is 0.174 e. The standard InChI is InChI=1S/C11H13NO2/c1-9-3-5-11(6-4-9)7-12-14-8-10(2)13/h3-7H,8H2,1-2H3/b12-7-. The first-order chi connectivity index (χ1) is 6.68. The Labute approximate surface area is 83.4 Å². The minimum absolute atomic E-state index is 0.0301. The lowest BCUT2D eigenvalue weighted by Crippen LogP contribution is -1.99. The van der Waals surface area contributed by atoms with Crippen molar-refractivity contribution >= 4 is 12.0 Å². The lowest BCUT2D eigenvalue weighted by molar-refractivity contribution is -0.121. The van der Waals surface area contributed by atoms with Crippen molar-refractivity contribution in [2.24, 2.45) is 5.16 Å². The lowest BCUT2D eigenvalue weighted by atomic mass is 10.2. The first-order valence-corrected chi connectivity index (χ1v) is 4.40. The number of carbonyl (C=O) groups excluding carboxylic acids is 1. The van der Waals surface area contributed by atoms with Gasteiger partial charge in [0.15, 0.2) is 12.4 Å². The number of carbonyl (C=O) groups is 1. The maximum absolute atomic E-state index is 10.5. The normalized spacial score (nSPS) is 10.4. The summed E-state index contributed by atoms with van der Waals surface area (Å²) in [6, 6.07) is 7.87. The summed E-state index contributed by atoms with van der Waals surface area (Å²) in [4.78, 5) is 15.2. The number of rotatable bonds is 4. The third-order valence-electron chi connectivity index (χ3n) is 1.62. The number of ketones is 1. The number of hydrogen-bond donors (Lipinski definition) is 0. The van der Waals surface area contributed by atoms with Gasteiger partial charge in [0.05, 0.1) is 6.21 Å². The SMILES string of the molecule is CC(=O)CO/N=C\c1ccc(C)cc1. The molecule has 0 aliphatic carbocycles. The number of hydrogen-bond acceptors (Lipinski definition) is 3. The van der Waals surface area contributed by atoms with Crippen LogP contribution in [0.2, 0.25) is 0 Å². The summed E-state index contributed by atoms with van der Waals surface area (Å²) in [5.74, 6) is -0.0361. The third-order valence-corrected chi connectivity index (χ3v) is 1.62. The number of benzene rings is 1. The van der Waals surface area contributed by atoms with Gasteiger partial charge in [-0.3, -0.25) is 4.79 Å². The topological polar surface area (TPSA) is 38.7 Å². The van der Waals surface area contributed by atoms with Crippen molar-refractivity contribution in [3.8, 4) is 0 Å². The molecule has 0 aromatic heterocycles. The van der Waals surface area contributed by atoms with Crippen LogP contribution in [0.15, 0.2) is 29.4 Å². The number of Topliss-reactive ketones (excluding diaryl/α,β-unsaturated/α-hetero) is 1. The molecule has 0 radical (unpaired) electrons. The fraction of sp³-hybridized carbons (Fsp3) is 0.273. The fourth-order valence-electron chi connectivity index (χ4n) is 0.879. The Bertz CT molecular complexity index is 328. The Balaban J connectivity index is 2.44. The molecule has 0 fully saturated rings. The largest absolute Gasteiger partial charge is 0.388 e.